The van der Waals surface area contributed by atoms with Crippen molar-refractivity contribution in [2.45, 2.75) is 31.8 Å². The number of hydrogen-bond donors (Lipinski definition) is 1. The fourth-order valence-corrected chi connectivity index (χ4v) is 2.93. The summed E-state index contributed by atoms with van der Waals surface area (Å²) in [6.07, 6.45) is 4.77. The maximum Gasteiger partial charge on any atom is 0.316 e. The molecule has 6 nitrogen and oxygen atoms in total. The van der Waals surface area contributed by atoms with Gasteiger partial charge in [0.05, 0.1) is 25.4 Å². The van der Waals surface area contributed by atoms with Gasteiger partial charge in [-0.05, 0) is 19.8 Å². The Hall–Kier alpha value is -1.53. The number of Topliss-reactive ketones (excluding diaryl/α,β-unsaturated/α-hetero) is 1. The van der Waals surface area contributed by atoms with E-state index in [1.807, 2.05) is 6.92 Å². The van der Waals surface area contributed by atoms with Gasteiger partial charge in [0.25, 0.3) is 0 Å². The molecule has 0 saturated carbocycles. The first-order chi connectivity index (χ1) is 9.76. The first-order valence-corrected chi connectivity index (χ1v) is 7.09. The molecule has 1 aromatic heterocycles. The lowest BCUT2D eigenvalue weighted by atomic mass is 9.82. The molecular formula is C14H19N3O3. The molecule has 1 aromatic rings. The Morgan fingerprint density at radius 3 is 2.60 bits per heavy atom. The van der Waals surface area contributed by atoms with Gasteiger partial charge in [-0.25, -0.2) is 9.97 Å². The van der Waals surface area contributed by atoms with Crippen LogP contribution in [0.3, 0.4) is 0 Å². The van der Waals surface area contributed by atoms with Crippen LogP contribution in [-0.2, 0) is 4.74 Å². The van der Waals surface area contributed by atoms with Crippen LogP contribution in [-0.4, -0.2) is 47.7 Å². The van der Waals surface area contributed by atoms with Crippen molar-refractivity contribution < 1.29 is 14.3 Å². The summed E-state index contributed by atoms with van der Waals surface area (Å²) in [4.78, 5) is 20.6. The van der Waals surface area contributed by atoms with Gasteiger partial charge in [0.2, 0.25) is 0 Å². The molecule has 2 atom stereocenters. The molecule has 0 aromatic carbocycles. The smallest absolute Gasteiger partial charge is 0.316 e. The third kappa shape index (κ3) is 2.81. The molecule has 2 fully saturated rings. The van der Waals surface area contributed by atoms with Crippen molar-refractivity contribution in [2.24, 2.45) is 5.92 Å². The third-order valence-corrected chi connectivity index (χ3v) is 3.80. The average Bonchev–Trinajstić information content (AvgIpc) is 2.47. The molecule has 1 N–H and O–H groups in total. The van der Waals surface area contributed by atoms with E-state index in [2.05, 4.69) is 15.3 Å². The van der Waals surface area contributed by atoms with Crippen LogP contribution in [0.2, 0.25) is 0 Å². The van der Waals surface area contributed by atoms with E-state index in [0.717, 1.165) is 12.8 Å². The zero-order chi connectivity index (χ0) is 13.9. The van der Waals surface area contributed by atoms with Crippen molar-refractivity contribution in [2.75, 3.05) is 19.8 Å². The normalized spacial score (nSPS) is 28.9. The molecule has 2 aliphatic rings. The molecule has 6 heteroatoms. The second-order valence-electron chi connectivity index (χ2n) is 5.32. The first-order valence-electron chi connectivity index (χ1n) is 7.09. The SMILES string of the molecule is CCOc1ncc(C(=O)C2CC3COCC(C2)N3)cn1. The molecule has 2 aliphatic heterocycles. The zero-order valence-corrected chi connectivity index (χ0v) is 11.5. The Bertz CT molecular complexity index is 465. The van der Waals surface area contributed by atoms with E-state index >= 15 is 0 Å². The largest absolute Gasteiger partial charge is 0.464 e. The number of carbonyl (C=O) groups is 1. The second kappa shape index (κ2) is 5.85. The Morgan fingerprint density at radius 1 is 1.35 bits per heavy atom. The number of morpholine rings is 1. The Morgan fingerprint density at radius 2 is 2.00 bits per heavy atom. The maximum atomic E-state index is 12.5. The van der Waals surface area contributed by atoms with Crippen LogP contribution in [0, 0.1) is 5.92 Å². The van der Waals surface area contributed by atoms with Crippen molar-refractivity contribution in [3.63, 3.8) is 0 Å². The van der Waals surface area contributed by atoms with E-state index < -0.39 is 0 Å². The topological polar surface area (TPSA) is 73.3 Å². The molecule has 3 heterocycles. The number of carbonyl (C=O) groups excluding carboxylic acids is 1. The van der Waals surface area contributed by atoms with Gasteiger partial charge in [0.1, 0.15) is 0 Å². The molecule has 0 aliphatic carbocycles. The minimum atomic E-state index is 0.0386. The first kappa shape index (κ1) is 13.5. The fraction of sp³-hybridized carbons (Fsp3) is 0.643. The van der Waals surface area contributed by atoms with Crippen LogP contribution in [0.4, 0.5) is 0 Å². The highest BCUT2D eigenvalue weighted by atomic mass is 16.5. The number of hydrogen-bond acceptors (Lipinski definition) is 6. The lowest BCUT2D eigenvalue weighted by Crippen LogP contribution is -2.55. The summed E-state index contributed by atoms with van der Waals surface area (Å²) in [5, 5.41) is 3.49. The summed E-state index contributed by atoms with van der Waals surface area (Å²) in [5.74, 6) is 0.170. The van der Waals surface area contributed by atoms with Gasteiger partial charge < -0.3 is 14.8 Å². The summed E-state index contributed by atoms with van der Waals surface area (Å²) >= 11 is 0. The second-order valence-corrected chi connectivity index (χ2v) is 5.32. The van der Waals surface area contributed by atoms with Gasteiger partial charge in [-0.15, -0.1) is 0 Å². The minimum Gasteiger partial charge on any atom is -0.464 e. The number of aromatic nitrogens is 2. The molecule has 0 radical (unpaired) electrons. The van der Waals surface area contributed by atoms with E-state index in [1.54, 1.807) is 12.4 Å². The van der Waals surface area contributed by atoms with Crippen LogP contribution in [0.1, 0.15) is 30.1 Å². The van der Waals surface area contributed by atoms with Gasteiger partial charge in [0, 0.05) is 30.4 Å². The number of ketones is 1. The molecule has 3 rings (SSSR count). The monoisotopic (exact) mass is 277 g/mol. The van der Waals surface area contributed by atoms with Gasteiger partial charge in [-0.1, -0.05) is 0 Å². The zero-order valence-electron chi connectivity index (χ0n) is 11.5. The number of nitrogens with one attached hydrogen (secondary N) is 1. The number of piperidine rings is 1. The standard InChI is InChI=1S/C14H19N3O3/c1-2-20-14-15-5-10(6-16-14)13(18)9-3-11-7-19-8-12(4-9)17-11/h5-6,9,11-12,17H,2-4,7-8H2,1H3. The van der Waals surface area contributed by atoms with E-state index in [0.29, 0.717) is 43.5 Å². The van der Waals surface area contributed by atoms with E-state index in [4.69, 9.17) is 9.47 Å². The molecule has 108 valence electrons. The molecule has 2 unspecified atom stereocenters. The molecule has 2 bridgehead atoms. The number of ether oxygens (including phenoxy) is 2. The number of rotatable bonds is 4. The minimum absolute atomic E-state index is 0.0386. The van der Waals surface area contributed by atoms with Crippen LogP contribution in [0.15, 0.2) is 12.4 Å². The van der Waals surface area contributed by atoms with Gasteiger partial charge in [-0.3, -0.25) is 4.79 Å². The van der Waals surface area contributed by atoms with Crippen LogP contribution in [0.5, 0.6) is 6.01 Å². The summed E-state index contributed by atoms with van der Waals surface area (Å²) in [5.41, 5.74) is 0.569. The fourth-order valence-electron chi connectivity index (χ4n) is 2.93. The Kier molecular flexibility index (Phi) is 3.93. The number of nitrogens with zero attached hydrogens (tertiary/aromatic N) is 2. The predicted octanol–water partition coefficient (Wildman–Crippen LogP) is 0.825. The maximum absolute atomic E-state index is 12.5. The van der Waals surface area contributed by atoms with Crippen molar-refractivity contribution in [3.05, 3.63) is 18.0 Å². The quantitative estimate of drug-likeness (QED) is 0.822. The summed E-state index contributed by atoms with van der Waals surface area (Å²) in [7, 11) is 0. The molecular weight excluding hydrogens is 258 g/mol. The Balaban J connectivity index is 1.68. The highest BCUT2D eigenvalue weighted by Gasteiger charge is 2.35. The molecule has 0 amide bonds. The Labute approximate surface area is 117 Å². The van der Waals surface area contributed by atoms with Gasteiger partial charge >= 0.3 is 6.01 Å². The third-order valence-electron chi connectivity index (χ3n) is 3.80. The molecule has 2 saturated heterocycles. The van der Waals surface area contributed by atoms with E-state index in [9.17, 15) is 4.79 Å². The van der Waals surface area contributed by atoms with Crippen molar-refractivity contribution >= 4 is 5.78 Å². The van der Waals surface area contributed by atoms with Crippen molar-refractivity contribution in [1.82, 2.24) is 15.3 Å². The lowest BCUT2D eigenvalue weighted by molar-refractivity contribution is 0.00951. The highest BCUT2D eigenvalue weighted by molar-refractivity contribution is 5.97. The predicted molar refractivity (Wildman–Crippen MR) is 71.8 cm³/mol. The average molecular weight is 277 g/mol. The van der Waals surface area contributed by atoms with Crippen molar-refractivity contribution in [1.29, 1.82) is 0 Å². The molecule has 0 spiro atoms. The van der Waals surface area contributed by atoms with E-state index in [-0.39, 0.29) is 11.7 Å². The summed E-state index contributed by atoms with van der Waals surface area (Å²) in [6, 6.07) is 0.903. The number of fused-ring (bicyclic) bond motifs is 2. The summed E-state index contributed by atoms with van der Waals surface area (Å²) in [6.45, 7) is 3.78. The van der Waals surface area contributed by atoms with Crippen molar-refractivity contribution in [3.8, 4) is 6.01 Å². The van der Waals surface area contributed by atoms with Gasteiger partial charge in [-0.2, -0.15) is 0 Å². The summed E-state index contributed by atoms with van der Waals surface area (Å²) < 4.78 is 10.7. The van der Waals surface area contributed by atoms with Crippen LogP contribution in [0.25, 0.3) is 0 Å². The van der Waals surface area contributed by atoms with E-state index in [1.165, 1.54) is 0 Å². The highest BCUT2D eigenvalue weighted by Crippen LogP contribution is 2.26. The van der Waals surface area contributed by atoms with Crippen LogP contribution < -0.4 is 10.1 Å². The van der Waals surface area contributed by atoms with Gasteiger partial charge in [0.15, 0.2) is 5.78 Å². The van der Waals surface area contributed by atoms with Crippen LogP contribution >= 0.6 is 0 Å². The lowest BCUT2D eigenvalue weighted by Gasteiger charge is -2.39. The molecule has 20 heavy (non-hydrogen) atoms.